The van der Waals surface area contributed by atoms with E-state index in [1.807, 2.05) is 0 Å². The summed E-state index contributed by atoms with van der Waals surface area (Å²) in [5, 5.41) is 3.40. The summed E-state index contributed by atoms with van der Waals surface area (Å²) < 4.78 is 4.93. The predicted molar refractivity (Wildman–Crippen MR) is 53.0 cm³/mol. The van der Waals surface area contributed by atoms with Gasteiger partial charge in [0.05, 0.1) is 12.5 Å². The van der Waals surface area contributed by atoms with E-state index in [-0.39, 0.29) is 17.4 Å². The lowest BCUT2D eigenvalue weighted by molar-refractivity contribution is -0.156. The summed E-state index contributed by atoms with van der Waals surface area (Å²) in [6, 6.07) is 0.286. The van der Waals surface area contributed by atoms with Crippen LogP contribution in [0.1, 0.15) is 12.8 Å². The van der Waals surface area contributed by atoms with E-state index in [1.165, 1.54) is 7.11 Å². The van der Waals surface area contributed by atoms with Gasteiger partial charge in [-0.25, -0.2) is 0 Å². The molecule has 1 N–H and O–H groups in total. The fourth-order valence-corrected chi connectivity index (χ4v) is 2.72. The molecule has 0 saturated carbocycles. The van der Waals surface area contributed by atoms with Crippen molar-refractivity contribution in [1.82, 2.24) is 10.2 Å². The zero-order valence-electron chi connectivity index (χ0n) is 8.88. The van der Waals surface area contributed by atoms with Crippen molar-refractivity contribution in [2.75, 3.05) is 33.8 Å². The Hall–Kier alpha value is -0.610. The van der Waals surface area contributed by atoms with Gasteiger partial charge in [0, 0.05) is 12.6 Å². The molecular weight excluding hydrogens is 180 g/mol. The van der Waals surface area contributed by atoms with Crippen LogP contribution < -0.4 is 5.32 Å². The summed E-state index contributed by atoms with van der Waals surface area (Å²) in [7, 11) is 3.59. The van der Waals surface area contributed by atoms with Crippen LogP contribution in [0.2, 0.25) is 0 Å². The first-order chi connectivity index (χ1) is 6.69. The number of carbonyl (C=O) groups excluding carboxylic acids is 1. The van der Waals surface area contributed by atoms with E-state index < -0.39 is 0 Å². The molecule has 0 aromatic rings. The summed E-state index contributed by atoms with van der Waals surface area (Å²) >= 11 is 0. The van der Waals surface area contributed by atoms with E-state index in [0.29, 0.717) is 0 Å². The van der Waals surface area contributed by atoms with Gasteiger partial charge in [-0.15, -0.1) is 0 Å². The Labute approximate surface area is 84.6 Å². The highest BCUT2D eigenvalue weighted by Crippen LogP contribution is 2.39. The van der Waals surface area contributed by atoms with Crippen molar-refractivity contribution in [3.05, 3.63) is 0 Å². The van der Waals surface area contributed by atoms with Crippen LogP contribution in [0, 0.1) is 5.41 Å². The van der Waals surface area contributed by atoms with Crippen molar-refractivity contribution >= 4 is 5.97 Å². The van der Waals surface area contributed by atoms with Crippen LogP contribution in [0.4, 0.5) is 0 Å². The first kappa shape index (κ1) is 9.93. The molecular formula is C10H18N2O2. The number of esters is 1. The summed E-state index contributed by atoms with van der Waals surface area (Å²) in [5.74, 6) is -0.0272. The molecule has 4 nitrogen and oxygen atoms in total. The first-order valence-electron chi connectivity index (χ1n) is 5.19. The van der Waals surface area contributed by atoms with Gasteiger partial charge in [-0.1, -0.05) is 0 Å². The maximum Gasteiger partial charge on any atom is 0.313 e. The molecule has 80 valence electrons. The van der Waals surface area contributed by atoms with Gasteiger partial charge in [0.15, 0.2) is 0 Å². The van der Waals surface area contributed by atoms with E-state index in [1.54, 1.807) is 0 Å². The minimum Gasteiger partial charge on any atom is -0.469 e. The van der Waals surface area contributed by atoms with Gasteiger partial charge in [0.2, 0.25) is 0 Å². The smallest absolute Gasteiger partial charge is 0.313 e. The zero-order valence-corrected chi connectivity index (χ0v) is 8.88. The Bertz CT molecular complexity index is 244. The van der Waals surface area contributed by atoms with Crippen LogP contribution in [0.25, 0.3) is 0 Å². The average molecular weight is 198 g/mol. The molecule has 2 fully saturated rings. The molecule has 0 aromatic heterocycles. The number of fused-ring (bicyclic) bond motifs is 1. The standard InChI is InChI=1S/C10H18N2O2/c1-12-6-4-10(9(13)14-2)3-5-11-8(10)7-12/h8,11H,3-7H2,1-2H3. The SMILES string of the molecule is COC(=O)C12CCNC1CN(C)CC2. The molecule has 0 aliphatic carbocycles. The van der Waals surface area contributed by atoms with Gasteiger partial charge in [0.1, 0.15) is 0 Å². The summed E-state index contributed by atoms with van der Waals surface area (Å²) in [5.41, 5.74) is -0.235. The van der Waals surface area contributed by atoms with Gasteiger partial charge >= 0.3 is 5.97 Å². The molecule has 2 heterocycles. The van der Waals surface area contributed by atoms with Crippen molar-refractivity contribution in [2.45, 2.75) is 18.9 Å². The lowest BCUT2D eigenvalue weighted by Crippen LogP contribution is -2.54. The van der Waals surface area contributed by atoms with Crippen LogP contribution in [-0.2, 0) is 9.53 Å². The van der Waals surface area contributed by atoms with E-state index in [0.717, 1.165) is 32.5 Å². The van der Waals surface area contributed by atoms with E-state index in [2.05, 4.69) is 17.3 Å². The molecule has 2 saturated heterocycles. The second-order valence-corrected chi connectivity index (χ2v) is 4.42. The third-order valence-corrected chi connectivity index (χ3v) is 3.65. The Morgan fingerprint density at radius 2 is 2.36 bits per heavy atom. The fraction of sp³-hybridized carbons (Fsp3) is 0.900. The minimum absolute atomic E-state index is 0.0272. The highest BCUT2D eigenvalue weighted by atomic mass is 16.5. The van der Waals surface area contributed by atoms with Gasteiger partial charge in [0.25, 0.3) is 0 Å². The third-order valence-electron chi connectivity index (χ3n) is 3.65. The molecule has 2 atom stereocenters. The van der Waals surface area contributed by atoms with Crippen LogP contribution in [0.3, 0.4) is 0 Å². The highest BCUT2D eigenvalue weighted by molar-refractivity contribution is 5.78. The Kier molecular flexibility index (Phi) is 2.49. The number of methoxy groups -OCH3 is 1. The number of likely N-dealkylation sites (N-methyl/N-ethyl adjacent to an activating group) is 1. The van der Waals surface area contributed by atoms with E-state index >= 15 is 0 Å². The lowest BCUT2D eigenvalue weighted by Gasteiger charge is -2.40. The van der Waals surface area contributed by atoms with Crippen LogP contribution in [0.5, 0.6) is 0 Å². The van der Waals surface area contributed by atoms with Crippen LogP contribution in [0.15, 0.2) is 0 Å². The largest absolute Gasteiger partial charge is 0.469 e. The molecule has 0 aromatic carbocycles. The monoisotopic (exact) mass is 198 g/mol. The van der Waals surface area contributed by atoms with Gasteiger partial charge in [-0.3, -0.25) is 4.79 Å². The van der Waals surface area contributed by atoms with Crippen molar-refractivity contribution in [3.8, 4) is 0 Å². The number of nitrogens with zero attached hydrogens (tertiary/aromatic N) is 1. The maximum atomic E-state index is 11.8. The number of carbonyl (C=O) groups is 1. The van der Waals surface area contributed by atoms with Crippen molar-refractivity contribution in [2.24, 2.45) is 5.41 Å². The van der Waals surface area contributed by atoms with Crippen molar-refractivity contribution in [1.29, 1.82) is 0 Å². The topological polar surface area (TPSA) is 41.6 Å². The number of hydrogen-bond acceptors (Lipinski definition) is 4. The second-order valence-electron chi connectivity index (χ2n) is 4.42. The normalized spacial score (nSPS) is 38.0. The fourth-order valence-electron chi connectivity index (χ4n) is 2.72. The lowest BCUT2D eigenvalue weighted by atomic mass is 9.75. The molecule has 0 radical (unpaired) electrons. The number of hydrogen-bond donors (Lipinski definition) is 1. The summed E-state index contributed by atoms with van der Waals surface area (Å²) in [4.78, 5) is 14.1. The molecule has 2 rings (SSSR count). The maximum absolute atomic E-state index is 11.8. The van der Waals surface area contributed by atoms with Crippen molar-refractivity contribution < 1.29 is 9.53 Å². The molecule has 2 aliphatic rings. The summed E-state index contributed by atoms with van der Waals surface area (Å²) in [6.07, 6.45) is 1.85. The Morgan fingerprint density at radius 1 is 1.57 bits per heavy atom. The van der Waals surface area contributed by atoms with Crippen LogP contribution >= 0.6 is 0 Å². The third kappa shape index (κ3) is 1.33. The Balaban J connectivity index is 2.19. The predicted octanol–water partition coefficient (Wildman–Crippen LogP) is -0.157. The number of nitrogens with one attached hydrogen (secondary N) is 1. The number of ether oxygens (including phenoxy) is 1. The molecule has 0 bridgehead atoms. The number of likely N-dealkylation sites (tertiary alicyclic amines) is 1. The number of rotatable bonds is 1. The first-order valence-corrected chi connectivity index (χ1v) is 5.19. The quantitative estimate of drug-likeness (QED) is 0.595. The molecule has 4 heteroatoms. The molecule has 2 aliphatic heterocycles. The van der Waals surface area contributed by atoms with E-state index in [9.17, 15) is 4.79 Å². The minimum atomic E-state index is -0.235. The second kappa shape index (κ2) is 3.51. The van der Waals surface area contributed by atoms with Gasteiger partial charge < -0.3 is 15.0 Å². The van der Waals surface area contributed by atoms with E-state index in [4.69, 9.17) is 4.74 Å². The Morgan fingerprint density at radius 3 is 3.07 bits per heavy atom. The molecule has 0 spiro atoms. The van der Waals surface area contributed by atoms with Crippen molar-refractivity contribution in [3.63, 3.8) is 0 Å². The molecule has 2 unspecified atom stereocenters. The summed E-state index contributed by atoms with van der Waals surface area (Å²) in [6.45, 7) is 2.88. The zero-order chi connectivity index (χ0) is 10.2. The average Bonchev–Trinajstić information content (AvgIpc) is 2.60. The van der Waals surface area contributed by atoms with Gasteiger partial charge in [-0.05, 0) is 33.0 Å². The highest BCUT2D eigenvalue weighted by Gasteiger charge is 2.51. The van der Waals surface area contributed by atoms with Crippen LogP contribution in [-0.4, -0.2) is 50.7 Å². The molecule has 14 heavy (non-hydrogen) atoms. The van der Waals surface area contributed by atoms with Gasteiger partial charge in [-0.2, -0.15) is 0 Å². The number of piperidine rings is 1. The molecule has 0 amide bonds.